The van der Waals surface area contributed by atoms with Gasteiger partial charge in [0.1, 0.15) is 5.82 Å². The molecule has 1 aromatic heterocycles. The van der Waals surface area contributed by atoms with Crippen molar-refractivity contribution in [1.29, 1.82) is 0 Å². The molecule has 0 atom stereocenters. The predicted molar refractivity (Wildman–Crippen MR) is 85.5 cm³/mol. The maximum atomic E-state index is 4.73. The lowest BCUT2D eigenvalue weighted by atomic mass is 10.2. The van der Waals surface area contributed by atoms with Gasteiger partial charge in [0, 0.05) is 19.3 Å². The summed E-state index contributed by atoms with van der Waals surface area (Å²) in [4.78, 5) is 6.86. The first-order chi connectivity index (χ1) is 9.72. The smallest absolute Gasteiger partial charge is 0.133 e. The number of pyridine rings is 1. The van der Waals surface area contributed by atoms with Crippen LogP contribution < -0.4 is 10.2 Å². The molecule has 0 fully saturated rings. The quantitative estimate of drug-likeness (QED) is 0.811. The molecule has 106 valence electrons. The van der Waals surface area contributed by atoms with E-state index >= 15 is 0 Å². The zero-order valence-corrected chi connectivity index (χ0v) is 12.6. The fourth-order valence-corrected chi connectivity index (χ4v) is 2.21. The largest absolute Gasteiger partial charge is 0.329 e. The third kappa shape index (κ3) is 3.58. The first-order valence-corrected chi connectivity index (χ1v) is 7.18. The number of aromatic nitrogens is 1. The topological polar surface area (TPSA) is 28.2 Å². The van der Waals surface area contributed by atoms with Crippen LogP contribution >= 0.6 is 0 Å². The molecule has 0 bridgehead atoms. The Balaban J connectivity index is 2.16. The van der Waals surface area contributed by atoms with Gasteiger partial charge >= 0.3 is 0 Å². The van der Waals surface area contributed by atoms with Gasteiger partial charge < -0.3 is 10.2 Å². The van der Waals surface area contributed by atoms with Crippen LogP contribution in [0.3, 0.4) is 0 Å². The van der Waals surface area contributed by atoms with Crippen LogP contribution in [0.1, 0.15) is 24.6 Å². The lowest BCUT2D eigenvalue weighted by Crippen LogP contribution is -2.17. The number of benzene rings is 1. The summed E-state index contributed by atoms with van der Waals surface area (Å²) in [5.41, 5.74) is 3.53. The van der Waals surface area contributed by atoms with Gasteiger partial charge in [0.05, 0.1) is 5.69 Å². The number of rotatable bonds is 6. The van der Waals surface area contributed by atoms with Gasteiger partial charge in [0.25, 0.3) is 0 Å². The minimum absolute atomic E-state index is 0.823. The molecule has 0 saturated carbocycles. The SMILES string of the molecule is CCCNCc1cccc(N(C)c2ccccc2C)n1. The molecule has 2 rings (SSSR count). The number of para-hydroxylation sites is 1. The molecule has 2 aromatic rings. The summed E-state index contributed by atoms with van der Waals surface area (Å²) in [7, 11) is 2.06. The molecule has 0 unspecified atom stereocenters. The molecule has 20 heavy (non-hydrogen) atoms. The Morgan fingerprint density at radius 2 is 1.90 bits per heavy atom. The van der Waals surface area contributed by atoms with Crippen LogP contribution in [0.15, 0.2) is 42.5 Å². The van der Waals surface area contributed by atoms with Crippen molar-refractivity contribution >= 4 is 11.5 Å². The number of aryl methyl sites for hydroxylation is 1. The Morgan fingerprint density at radius 3 is 2.65 bits per heavy atom. The highest BCUT2D eigenvalue weighted by molar-refractivity contribution is 5.62. The van der Waals surface area contributed by atoms with Crippen molar-refractivity contribution in [2.45, 2.75) is 26.8 Å². The molecular formula is C17H23N3. The van der Waals surface area contributed by atoms with Crippen LogP contribution in [0.4, 0.5) is 11.5 Å². The Hall–Kier alpha value is -1.87. The molecule has 1 heterocycles. The summed E-state index contributed by atoms with van der Waals surface area (Å²) in [6.45, 7) is 6.14. The number of nitrogens with one attached hydrogen (secondary N) is 1. The standard InChI is InChI=1S/C17H23N3/c1-4-12-18-13-15-9-7-11-17(19-15)20(3)16-10-6-5-8-14(16)2/h5-11,18H,4,12-13H2,1-3H3. The van der Waals surface area contributed by atoms with Crippen molar-refractivity contribution in [3.05, 3.63) is 53.7 Å². The van der Waals surface area contributed by atoms with Gasteiger partial charge in [0.2, 0.25) is 0 Å². The monoisotopic (exact) mass is 269 g/mol. The van der Waals surface area contributed by atoms with Gasteiger partial charge in [-0.1, -0.05) is 31.2 Å². The van der Waals surface area contributed by atoms with Gasteiger partial charge in [-0.3, -0.25) is 0 Å². The Morgan fingerprint density at radius 1 is 1.10 bits per heavy atom. The predicted octanol–water partition coefficient (Wildman–Crippen LogP) is 3.66. The molecule has 1 N–H and O–H groups in total. The first-order valence-electron chi connectivity index (χ1n) is 7.18. The highest BCUT2D eigenvalue weighted by Crippen LogP contribution is 2.24. The van der Waals surface area contributed by atoms with Gasteiger partial charge in [0.15, 0.2) is 0 Å². The normalized spacial score (nSPS) is 10.6. The minimum Gasteiger partial charge on any atom is -0.329 e. The van der Waals surface area contributed by atoms with Crippen LogP contribution in [0.5, 0.6) is 0 Å². The number of hydrogen-bond donors (Lipinski definition) is 1. The molecule has 3 heteroatoms. The van der Waals surface area contributed by atoms with Gasteiger partial charge in [-0.2, -0.15) is 0 Å². The highest BCUT2D eigenvalue weighted by atomic mass is 15.2. The summed E-state index contributed by atoms with van der Waals surface area (Å²) >= 11 is 0. The average Bonchev–Trinajstić information content (AvgIpc) is 2.48. The molecule has 0 amide bonds. The lowest BCUT2D eigenvalue weighted by molar-refractivity contribution is 0.664. The number of anilines is 2. The Kier molecular flexibility index (Phi) is 5.13. The second-order valence-electron chi connectivity index (χ2n) is 5.01. The summed E-state index contributed by atoms with van der Waals surface area (Å²) in [6.07, 6.45) is 1.14. The fraction of sp³-hybridized carbons (Fsp3) is 0.353. The van der Waals surface area contributed by atoms with Gasteiger partial charge in [-0.05, 0) is 43.7 Å². The summed E-state index contributed by atoms with van der Waals surface area (Å²) < 4.78 is 0. The van der Waals surface area contributed by atoms with Crippen molar-refractivity contribution in [3.8, 4) is 0 Å². The van der Waals surface area contributed by atoms with E-state index in [1.807, 2.05) is 0 Å². The molecule has 0 aliphatic heterocycles. The zero-order valence-electron chi connectivity index (χ0n) is 12.6. The van der Waals surface area contributed by atoms with Crippen molar-refractivity contribution in [2.24, 2.45) is 0 Å². The summed E-state index contributed by atoms with van der Waals surface area (Å²) in [6, 6.07) is 14.6. The second kappa shape index (κ2) is 7.06. The molecule has 3 nitrogen and oxygen atoms in total. The third-order valence-corrected chi connectivity index (χ3v) is 3.35. The van der Waals surface area contributed by atoms with Crippen molar-refractivity contribution in [3.63, 3.8) is 0 Å². The van der Waals surface area contributed by atoms with Crippen LogP contribution in [-0.4, -0.2) is 18.6 Å². The van der Waals surface area contributed by atoms with E-state index in [2.05, 4.69) is 73.6 Å². The molecular weight excluding hydrogens is 246 g/mol. The van der Waals surface area contributed by atoms with E-state index in [4.69, 9.17) is 4.98 Å². The van der Waals surface area contributed by atoms with Crippen LogP contribution in [0.25, 0.3) is 0 Å². The first kappa shape index (κ1) is 14.5. The molecule has 0 aliphatic rings. The summed E-state index contributed by atoms with van der Waals surface area (Å²) in [5, 5.41) is 3.39. The zero-order chi connectivity index (χ0) is 14.4. The van der Waals surface area contributed by atoms with E-state index in [9.17, 15) is 0 Å². The number of nitrogens with zero attached hydrogens (tertiary/aromatic N) is 2. The fourth-order valence-electron chi connectivity index (χ4n) is 2.21. The van der Waals surface area contributed by atoms with E-state index in [0.717, 1.165) is 31.0 Å². The van der Waals surface area contributed by atoms with Crippen LogP contribution in [0, 0.1) is 6.92 Å². The average molecular weight is 269 g/mol. The van der Waals surface area contributed by atoms with Crippen LogP contribution in [-0.2, 0) is 6.54 Å². The van der Waals surface area contributed by atoms with E-state index in [0.29, 0.717) is 0 Å². The third-order valence-electron chi connectivity index (χ3n) is 3.35. The van der Waals surface area contributed by atoms with Crippen molar-refractivity contribution < 1.29 is 0 Å². The molecule has 0 saturated heterocycles. The van der Waals surface area contributed by atoms with Crippen molar-refractivity contribution in [2.75, 3.05) is 18.5 Å². The van der Waals surface area contributed by atoms with Gasteiger partial charge in [-0.25, -0.2) is 4.98 Å². The number of hydrogen-bond acceptors (Lipinski definition) is 3. The minimum atomic E-state index is 0.823. The highest BCUT2D eigenvalue weighted by Gasteiger charge is 2.08. The maximum absolute atomic E-state index is 4.73. The Bertz CT molecular complexity index is 551. The lowest BCUT2D eigenvalue weighted by Gasteiger charge is -2.21. The van der Waals surface area contributed by atoms with Crippen molar-refractivity contribution in [1.82, 2.24) is 10.3 Å². The van der Waals surface area contributed by atoms with Gasteiger partial charge in [-0.15, -0.1) is 0 Å². The van der Waals surface area contributed by atoms with Crippen LogP contribution in [0.2, 0.25) is 0 Å². The van der Waals surface area contributed by atoms with E-state index in [-0.39, 0.29) is 0 Å². The molecule has 0 aliphatic carbocycles. The second-order valence-corrected chi connectivity index (χ2v) is 5.01. The van der Waals surface area contributed by atoms with E-state index in [1.165, 1.54) is 11.3 Å². The molecule has 1 aromatic carbocycles. The summed E-state index contributed by atoms with van der Waals surface area (Å²) in [5.74, 6) is 0.982. The maximum Gasteiger partial charge on any atom is 0.133 e. The van der Waals surface area contributed by atoms with E-state index < -0.39 is 0 Å². The Labute approximate surface area is 121 Å². The van der Waals surface area contributed by atoms with E-state index in [1.54, 1.807) is 0 Å². The molecule has 0 spiro atoms. The molecule has 0 radical (unpaired) electrons.